The molecule has 2 bridgehead atoms. The van der Waals surface area contributed by atoms with E-state index in [1.54, 1.807) is 11.8 Å². The van der Waals surface area contributed by atoms with E-state index in [9.17, 15) is 9.59 Å². The molecule has 44 heavy (non-hydrogen) atoms. The zero-order valence-corrected chi connectivity index (χ0v) is 26.8. The number of piperazine rings is 1. The largest absolute Gasteiger partial charge is 0.492 e. The standard InChI is InChI=1S/C36H42ClN3O4/c1-24-11-16-30(20-25(24)2)43-19-17-39(4)36(42)35-31(21-29-22-40(26(3)41)23-33(35)38-29)28-14-12-27(13-15-28)8-7-18-44-34-10-6-5-9-32(34)37/h5-6,9-16,20,29,33,38H,7-8,17-19,21-23H2,1-4H3/t29-,33-/m1/s1. The third-order valence-electron chi connectivity index (χ3n) is 8.61. The maximum absolute atomic E-state index is 14.0. The average molecular weight is 616 g/mol. The SMILES string of the molecule is CC(=O)N1C[C@H]2CC(c3ccc(CCCOc4ccccc4Cl)cc3)=C(C(=O)N(C)CCOc3ccc(C)c(C)c3)[C@@H](C1)N2. The number of nitrogens with zero attached hydrogens (tertiary/aromatic N) is 2. The molecule has 7 nitrogen and oxygen atoms in total. The van der Waals surface area contributed by atoms with E-state index in [-0.39, 0.29) is 23.9 Å². The van der Waals surface area contributed by atoms with Crippen LogP contribution in [-0.4, -0.2) is 73.6 Å². The second-order valence-electron chi connectivity index (χ2n) is 11.8. The van der Waals surface area contributed by atoms with Gasteiger partial charge in [0.25, 0.3) is 5.91 Å². The molecule has 2 amide bonds. The van der Waals surface area contributed by atoms with Crippen LogP contribution in [0.1, 0.15) is 42.0 Å². The number of carbonyl (C=O) groups excluding carboxylic acids is 2. The summed E-state index contributed by atoms with van der Waals surface area (Å²) in [5.74, 6) is 1.51. The summed E-state index contributed by atoms with van der Waals surface area (Å²) in [7, 11) is 1.82. The lowest BCUT2D eigenvalue weighted by atomic mass is 9.82. The molecule has 0 unspecified atom stereocenters. The third-order valence-corrected chi connectivity index (χ3v) is 8.92. The molecule has 1 fully saturated rings. The molecule has 1 saturated heterocycles. The van der Waals surface area contributed by atoms with Gasteiger partial charge in [0.15, 0.2) is 0 Å². The van der Waals surface area contributed by atoms with E-state index in [0.29, 0.717) is 50.0 Å². The first kappa shape index (κ1) is 31.6. The Morgan fingerprint density at radius 1 is 0.977 bits per heavy atom. The Morgan fingerprint density at radius 2 is 1.75 bits per heavy atom. The van der Waals surface area contributed by atoms with E-state index >= 15 is 0 Å². The minimum absolute atomic E-state index is 0.0363. The van der Waals surface area contributed by atoms with Crippen LogP contribution in [-0.2, 0) is 16.0 Å². The van der Waals surface area contributed by atoms with Crippen molar-refractivity contribution in [3.8, 4) is 11.5 Å². The maximum Gasteiger partial charge on any atom is 0.251 e. The number of rotatable bonds is 11. The van der Waals surface area contributed by atoms with Crippen LogP contribution in [0.5, 0.6) is 11.5 Å². The van der Waals surface area contributed by atoms with Crippen LogP contribution in [0.2, 0.25) is 5.02 Å². The quantitative estimate of drug-likeness (QED) is 0.274. The van der Waals surface area contributed by atoms with Gasteiger partial charge in [-0.1, -0.05) is 54.1 Å². The van der Waals surface area contributed by atoms with Crippen LogP contribution < -0.4 is 14.8 Å². The number of ether oxygens (including phenoxy) is 2. The average Bonchev–Trinajstić information content (AvgIpc) is 3.01. The predicted octanol–water partition coefficient (Wildman–Crippen LogP) is 5.85. The first-order chi connectivity index (χ1) is 21.2. The number of hydrogen-bond donors (Lipinski definition) is 1. The number of aryl methyl sites for hydroxylation is 3. The van der Waals surface area contributed by atoms with Crippen molar-refractivity contribution in [1.82, 2.24) is 15.1 Å². The van der Waals surface area contributed by atoms with Crippen LogP contribution in [0.3, 0.4) is 0 Å². The van der Waals surface area contributed by atoms with Gasteiger partial charge in [0.05, 0.1) is 24.2 Å². The van der Waals surface area contributed by atoms with E-state index in [1.807, 2.05) is 54.4 Å². The molecular weight excluding hydrogens is 574 g/mol. The molecule has 232 valence electrons. The van der Waals surface area contributed by atoms with E-state index in [4.69, 9.17) is 21.1 Å². The first-order valence-electron chi connectivity index (χ1n) is 15.4. The van der Waals surface area contributed by atoms with Crippen molar-refractivity contribution in [2.24, 2.45) is 0 Å². The number of nitrogens with one attached hydrogen (secondary N) is 1. The molecule has 1 N–H and O–H groups in total. The molecular formula is C36H42ClN3O4. The van der Waals surface area contributed by atoms with Crippen molar-refractivity contribution in [2.45, 2.75) is 52.1 Å². The molecule has 2 heterocycles. The monoisotopic (exact) mass is 615 g/mol. The fourth-order valence-corrected chi connectivity index (χ4v) is 6.12. The zero-order chi connectivity index (χ0) is 31.2. The van der Waals surface area contributed by atoms with E-state index in [2.05, 4.69) is 43.4 Å². The predicted molar refractivity (Wildman–Crippen MR) is 175 cm³/mol. The molecule has 8 heteroatoms. The zero-order valence-electron chi connectivity index (χ0n) is 26.1. The molecule has 5 rings (SSSR count). The van der Waals surface area contributed by atoms with Gasteiger partial charge in [0.1, 0.15) is 18.1 Å². The summed E-state index contributed by atoms with van der Waals surface area (Å²) < 4.78 is 11.8. The highest BCUT2D eigenvalue weighted by molar-refractivity contribution is 6.32. The number of halogens is 1. The lowest BCUT2D eigenvalue weighted by Gasteiger charge is -2.44. The second-order valence-corrected chi connectivity index (χ2v) is 12.2. The van der Waals surface area contributed by atoms with Crippen LogP contribution in [0.25, 0.3) is 5.57 Å². The number of amides is 2. The summed E-state index contributed by atoms with van der Waals surface area (Å²) >= 11 is 6.20. The van der Waals surface area contributed by atoms with Gasteiger partial charge < -0.3 is 24.6 Å². The van der Waals surface area contributed by atoms with Crippen molar-refractivity contribution in [3.05, 3.63) is 99.6 Å². The van der Waals surface area contributed by atoms with Gasteiger partial charge in [0.2, 0.25) is 5.91 Å². The first-order valence-corrected chi connectivity index (χ1v) is 15.7. The minimum Gasteiger partial charge on any atom is -0.492 e. The number of fused-ring (bicyclic) bond motifs is 2. The van der Waals surface area contributed by atoms with Gasteiger partial charge in [-0.25, -0.2) is 0 Å². The van der Waals surface area contributed by atoms with Crippen LogP contribution in [0.15, 0.2) is 72.3 Å². The third kappa shape index (κ3) is 7.63. The summed E-state index contributed by atoms with van der Waals surface area (Å²) in [6.07, 6.45) is 2.42. The summed E-state index contributed by atoms with van der Waals surface area (Å²) in [4.78, 5) is 29.9. The Bertz CT molecular complexity index is 1520. The van der Waals surface area contributed by atoms with Crippen LogP contribution >= 0.6 is 11.6 Å². The Morgan fingerprint density at radius 3 is 2.48 bits per heavy atom. The Labute approximate surface area is 265 Å². The summed E-state index contributed by atoms with van der Waals surface area (Å²) in [6, 6.07) is 21.9. The summed E-state index contributed by atoms with van der Waals surface area (Å²) in [6.45, 7) is 8.27. The molecule has 3 aromatic rings. The normalized spacial score (nSPS) is 17.8. The summed E-state index contributed by atoms with van der Waals surface area (Å²) in [5, 5.41) is 4.24. The molecule has 2 aliphatic heterocycles. The van der Waals surface area contributed by atoms with Crippen molar-refractivity contribution < 1.29 is 19.1 Å². The van der Waals surface area contributed by atoms with Gasteiger partial charge in [-0.15, -0.1) is 0 Å². The lowest BCUT2D eigenvalue weighted by molar-refractivity contribution is -0.132. The van der Waals surface area contributed by atoms with Crippen molar-refractivity contribution in [3.63, 3.8) is 0 Å². The molecule has 0 aromatic heterocycles. The highest BCUT2D eigenvalue weighted by Crippen LogP contribution is 2.34. The van der Waals surface area contributed by atoms with Crippen LogP contribution in [0.4, 0.5) is 0 Å². The lowest BCUT2D eigenvalue weighted by Crippen LogP contribution is -2.61. The van der Waals surface area contributed by atoms with Crippen molar-refractivity contribution >= 4 is 29.0 Å². The van der Waals surface area contributed by atoms with E-state index in [1.165, 1.54) is 16.7 Å². The Balaban J connectivity index is 1.28. The number of para-hydroxylation sites is 1. The van der Waals surface area contributed by atoms with Crippen molar-refractivity contribution in [2.75, 3.05) is 39.9 Å². The molecule has 0 aliphatic carbocycles. The van der Waals surface area contributed by atoms with Gasteiger partial charge in [0, 0.05) is 38.7 Å². The van der Waals surface area contributed by atoms with Crippen LogP contribution in [0, 0.1) is 13.8 Å². The molecule has 0 saturated carbocycles. The summed E-state index contributed by atoms with van der Waals surface area (Å²) in [5.41, 5.74) is 6.45. The fourth-order valence-electron chi connectivity index (χ4n) is 5.93. The fraction of sp³-hybridized carbons (Fsp3) is 0.389. The maximum atomic E-state index is 14.0. The van der Waals surface area contributed by atoms with Gasteiger partial charge >= 0.3 is 0 Å². The number of hydrogen-bond acceptors (Lipinski definition) is 5. The Hall–Kier alpha value is -3.81. The molecule has 2 atom stereocenters. The second kappa shape index (κ2) is 14.3. The van der Waals surface area contributed by atoms with Crippen molar-refractivity contribution in [1.29, 1.82) is 0 Å². The smallest absolute Gasteiger partial charge is 0.251 e. The Kier molecular flexibility index (Phi) is 10.3. The number of carbonyl (C=O) groups is 2. The van der Waals surface area contributed by atoms with E-state index in [0.717, 1.165) is 35.3 Å². The number of benzene rings is 3. The molecule has 2 aliphatic rings. The molecule has 0 radical (unpaired) electrons. The number of likely N-dealkylation sites (N-methyl/N-ethyl adjacent to an activating group) is 1. The van der Waals surface area contributed by atoms with Gasteiger partial charge in [-0.2, -0.15) is 0 Å². The van der Waals surface area contributed by atoms with Gasteiger partial charge in [-0.3, -0.25) is 9.59 Å². The highest BCUT2D eigenvalue weighted by atomic mass is 35.5. The van der Waals surface area contributed by atoms with E-state index < -0.39 is 0 Å². The highest BCUT2D eigenvalue weighted by Gasteiger charge is 2.39. The topological polar surface area (TPSA) is 71.1 Å². The molecule has 0 spiro atoms. The van der Waals surface area contributed by atoms with Gasteiger partial charge in [-0.05, 0) is 85.2 Å². The minimum atomic E-state index is -0.223. The molecule has 3 aromatic carbocycles.